The second-order valence-electron chi connectivity index (χ2n) is 5.87. The number of fused-ring (bicyclic) bond motifs is 3. The van der Waals surface area contributed by atoms with Crippen LogP contribution in [0.15, 0.2) is 18.2 Å². The van der Waals surface area contributed by atoms with Crippen molar-refractivity contribution in [3.05, 3.63) is 30.7 Å². The summed E-state index contributed by atoms with van der Waals surface area (Å²) in [7, 11) is 1.75. The van der Waals surface area contributed by atoms with Gasteiger partial charge in [0.25, 0.3) is 0 Å². The summed E-state index contributed by atoms with van der Waals surface area (Å²) < 4.78 is 11.5. The minimum Gasteiger partial charge on any atom is -0.496 e. The van der Waals surface area contributed by atoms with Crippen molar-refractivity contribution in [1.29, 1.82) is 0 Å². The predicted octanol–water partition coefficient (Wildman–Crippen LogP) is 3.11. The summed E-state index contributed by atoms with van der Waals surface area (Å²) >= 11 is 0. The molecule has 1 radical (unpaired) electrons. The SMILES string of the molecule is [CH2]CCCCN1C[C@H]2COc3cccc(OC)c3[C@@H]2C1. The van der Waals surface area contributed by atoms with Crippen LogP contribution in [0, 0.1) is 12.8 Å². The second-order valence-corrected chi connectivity index (χ2v) is 5.87. The summed E-state index contributed by atoms with van der Waals surface area (Å²) in [6, 6.07) is 6.13. The third-order valence-corrected chi connectivity index (χ3v) is 4.56. The van der Waals surface area contributed by atoms with Crippen molar-refractivity contribution in [2.75, 3.05) is 33.4 Å². The summed E-state index contributed by atoms with van der Waals surface area (Å²) in [5.74, 6) is 3.18. The monoisotopic (exact) mass is 274 g/mol. The van der Waals surface area contributed by atoms with Gasteiger partial charge in [0, 0.05) is 30.5 Å². The lowest BCUT2D eigenvalue weighted by Gasteiger charge is -2.29. The van der Waals surface area contributed by atoms with Gasteiger partial charge in [-0.1, -0.05) is 25.8 Å². The molecule has 0 amide bonds. The molecule has 20 heavy (non-hydrogen) atoms. The van der Waals surface area contributed by atoms with Crippen LogP contribution in [0.25, 0.3) is 0 Å². The molecule has 0 unspecified atom stereocenters. The molecule has 0 aliphatic carbocycles. The topological polar surface area (TPSA) is 21.7 Å². The van der Waals surface area contributed by atoms with Gasteiger partial charge >= 0.3 is 0 Å². The number of benzene rings is 1. The third kappa shape index (κ3) is 2.51. The average Bonchev–Trinajstić information content (AvgIpc) is 2.89. The van der Waals surface area contributed by atoms with Gasteiger partial charge in [-0.05, 0) is 25.1 Å². The van der Waals surface area contributed by atoms with E-state index >= 15 is 0 Å². The van der Waals surface area contributed by atoms with Gasteiger partial charge in [0.05, 0.1) is 13.7 Å². The minimum absolute atomic E-state index is 0.564. The van der Waals surface area contributed by atoms with Crippen LogP contribution in [0.5, 0.6) is 11.5 Å². The Morgan fingerprint density at radius 2 is 2.25 bits per heavy atom. The van der Waals surface area contributed by atoms with Gasteiger partial charge < -0.3 is 14.4 Å². The molecule has 1 aromatic rings. The first-order valence-electron chi connectivity index (χ1n) is 7.64. The zero-order chi connectivity index (χ0) is 13.9. The Bertz CT molecular complexity index is 446. The molecule has 0 aromatic heterocycles. The van der Waals surface area contributed by atoms with Crippen LogP contribution in [-0.2, 0) is 0 Å². The zero-order valence-corrected chi connectivity index (χ0v) is 12.3. The number of likely N-dealkylation sites (tertiary alicyclic amines) is 1. The Balaban J connectivity index is 1.75. The Hall–Kier alpha value is -1.22. The normalized spacial score (nSPS) is 24.9. The quantitative estimate of drug-likeness (QED) is 0.770. The molecule has 0 N–H and O–H groups in total. The molecule has 0 bridgehead atoms. The van der Waals surface area contributed by atoms with Crippen LogP contribution < -0.4 is 9.47 Å². The van der Waals surface area contributed by atoms with E-state index in [9.17, 15) is 0 Å². The summed E-state index contributed by atoms with van der Waals surface area (Å²) in [5.41, 5.74) is 1.28. The lowest BCUT2D eigenvalue weighted by molar-refractivity contribution is 0.209. The van der Waals surface area contributed by atoms with Gasteiger partial charge in [-0.15, -0.1) is 0 Å². The number of unbranched alkanes of at least 4 members (excludes halogenated alkanes) is 2. The number of hydrogen-bond acceptors (Lipinski definition) is 3. The Morgan fingerprint density at radius 1 is 1.35 bits per heavy atom. The maximum atomic E-state index is 5.94. The van der Waals surface area contributed by atoms with Gasteiger partial charge in [0.1, 0.15) is 11.5 Å². The molecule has 3 heteroatoms. The molecule has 109 valence electrons. The summed E-state index contributed by atoms with van der Waals surface area (Å²) in [6.45, 7) is 8.24. The summed E-state index contributed by atoms with van der Waals surface area (Å²) in [6.07, 6.45) is 3.52. The fraction of sp³-hybridized carbons (Fsp3) is 0.588. The molecule has 3 rings (SSSR count). The van der Waals surface area contributed by atoms with E-state index in [1.54, 1.807) is 7.11 Å². The molecule has 1 aromatic carbocycles. The van der Waals surface area contributed by atoms with Crippen molar-refractivity contribution < 1.29 is 9.47 Å². The van der Waals surface area contributed by atoms with E-state index in [0.717, 1.165) is 37.6 Å². The molecule has 2 heterocycles. The molecule has 2 aliphatic heterocycles. The predicted molar refractivity (Wildman–Crippen MR) is 80.4 cm³/mol. The fourth-order valence-corrected chi connectivity index (χ4v) is 3.54. The summed E-state index contributed by atoms with van der Waals surface area (Å²) in [5, 5.41) is 0. The lowest BCUT2D eigenvalue weighted by atomic mass is 9.86. The number of methoxy groups -OCH3 is 1. The van der Waals surface area contributed by atoms with Crippen molar-refractivity contribution >= 4 is 0 Å². The van der Waals surface area contributed by atoms with E-state index < -0.39 is 0 Å². The van der Waals surface area contributed by atoms with Gasteiger partial charge in [0.15, 0.2) is 0 Å². The highest BCUT2D eigenvalue weighted by molar-refractivity contribution is 5.49. The molecule has 2 atom stereocenters. The number of nitrogens with zero attached hydrogens (tertiary/aromatic N) is 1. The number of hydrogen-bond donors (Lipinski definition) is 0. The van der Waals surface area contributed by atoms with Gasteiger partial charge in [-0.2, -0.15) is 0 Å². The van der Waals surface area contributed by atoms with Crippen molar-refractivity contribution in [2.24, 2.45) is 5.92 Å². The highest BCUT2D eigenvalue weighted by Gasteiger charge is 2.40. The first-order valence-corrected chi connectivity index (χ1v) is 7.64. The Kier molecular flexibility index (Phi) is 4.16. The van der Waals surface area contributed by atoms with Crippen molar-refractivity contribution in [3.8, 4) is 11.5 Å². The Labute approximate surface area is 121 Å². The van der Waals surface area contributed by atoms with Crippen molar-refractivity contribution in [2.45, 2.75) is 25.2 Å². The van der Waals surface area contributed by atoms with E-state index in [0.29, 0.717) is 11.8 Å². The van der Waals surface area contributed by atoms with Crippen LogP contribution in [0.3, 0.4) is 0 Å². The average molecular weight is 274 g/mol. The molecular weight excluding hydrogens is 250 g/mol. The number of ether oxygens (including phenoxy) is 2. The highest BCUT2D eigenvalue weighted by atomic mass is 16.5. The first kappa shape index (κ1) is 13.7. The highest BCUT2D eigenvalue weighted by Crippen LogP contribution is 2.45. The van der Waals surface area contributed by atoms with Crippen LogP contribution in [0.1, 0.15) is 30.7 Å². The minimum atomic E-state index is 0.564. The van der Waals surface area contributed by atoms with Crippen LogP contribution in [-0.4, -0.2) is 38.3 Å². The van der Waals surface area contributed by atoms with Crippen LogP contribution in [0.2, 0.25) is 0 Å². The molecule has 1 saturated heterocycles. The van der Waals surface area contributed by atoms with Crippen LogP contribution in [0.4, 0.5) is 0 Å². The smallest absolute Gasteiger partial charge is 0.126 e. The van der Waals surface area contributed by atoms with Gasteiger partial charge in [0.2, 0.25) is 0 Å². The standard InChI is InChI=1S/C17H24NO2/c1-3-4-5-9-18-10-13-12-20-16-8-6-7-15(19-2)17(16)14(13)11-18/h6-8,13-14H,1,3-5,9-12H2,2H3/t13-,14+/m0/s1. The van der Waals surface area contributed by atoms with E-state index in [4.69, 9.17) is 9.47 Å². The van der Waals surface area contributed by atoms with E-state index in [1.807, 2.05) is 6.07 Å². The van der Waals surface area contributed by atoms with E-state index in [-0.39, 0.29) is 0 Å². The molecule has 0 saturated carbocycles. The van der Waals surface area contributed by atoms with E-state index in [2.05, 4.69) is 24.0 Å². The van der Waals surface area contributed by atoms with Crippen molar-refractivity contribution in [1.82, 2.24) is 4.90 Å². The maximum Gasteiger partial charge on any atom is 0.126 e. The maximum absolute atomic E-state index is 5.94. The summed E-state index contributed by atoms with van der Waals surface area (Å²) in [4.78, 5) is 2.58. The van der Waals surface area contributed by atoms with Gasteiger partial charge in [-0.25, -0.2) is 0 Å². The lowest BCUT2D eigenvalue weighted by Crippen LogP contribution is -2.25. The molecule has 2 aliphatic rings. The Morgan fingerprint density at radius 3 is 3.05 bits per heavy atom. The number of rotatable bonds is 5. The zero-order valence-electron chi connectivity index (χ0n) is 12.3. The fourth-order valence-electron chi connectivity index (χ4n) is 3.54. The molecule has 3 nitrogen and oxygen atoms in total. The molecule has 0 spiro atoms. The van der Waals surface area contributed by atoms with E-state index in [1.165, 1.54) is 24.9 Å². The van der Waals surface area contributed by atoms with Crippen LogP contribution >= 0.6 is 0 Å². The molecular formula is C17H24NO2. The second kappa shape index (κ2) is 6.04. The first-order chi connectivity index (χ1) is 9.83. The van der Waals surface area contributed by atoms with Crippen molar-refractivity contribution in [3.63, 3.8) is 0 Å². The van der Waals surface area contributed by atoms with Gasteiger partial charge in [-0.3, -0.25) is 0 Å². The largest absolute Gasteiger partial charge is 0.496 e. The third-order valence-electron chi connectivity index (χ3n) is 4.56. The molecule has 1 fully saturated rings.